The van der Waals surface area contributed by atoms with Crippen LogP contribution in [0.3, 0.4) is 0 Å². The molecule has 2 nitrogen and oxygen atoms in total. The van der Waals surface area contributed by atoms with Crippen molar-refractivity contribution in [1.29, 1.82) is 0 Å². The zero-order chi connectivity index (χ0) is 8.55. The third-order valence-corrected chi connectivity index (χ3v) is 2.14. The van der Waals surface area contributed by atoms with Gasteiger partial charge in [-0.3, -0.25) is 0 Å². The Hall–Kier alpha value is -1.28. The van der Waals surface area contributed by atoms with Crippen molar-refractivity contribution in [2.75, 3.05) is 0 Å². The van der Waals surface area contributed by atoms with Crippen LogP contribution in [0.1, 0.15) is 11.1 Å². The first-order chi connectivity index (χ1) is 5.81. The molecule has 2 N–H and O–H groups in total. The van der Waals surface area contributed by atoms with E-state index < -0.39 is 0 Å². The number of aromatic nitrogens is 1. The molecule has 0 aliphatic rings. The van der Waals surface area contributed by atoms with E-state index in [2.05, 4.69) is 11.9 Å². The fourth-order valence-electron chi connectivity index (χ4n) is 1.42. The van der Waals surface area contributed by atoms with Crippen LogP contribution in [0, 0.1) is 6.92 Å². The number of fused-ring (bicyclic) bond motifs is 1. The van der Waals surface area contributed by atoms with E-state index in [1.165, 1.54) is 10.9 Å². The van der Waals surface area contributed by atoms with E-state index in [-0.39, 0.29) is 6.61 Å². The van der Waals surface area contributed by atoms with Crippen LogP contribution in [0.4, 0.5) is 0 Å². The first-order valence-corrected chi connectivity index (χ1v) is 3.99. The Kier molecular flexibility index (Phi) is 1.62. The van der Waals surface area contributed by atoms with Gasteiger partial charge in [0.1, 0.15) is 0 Å². The number of aromatic amines is 1. The third kappa shape index (κ3) is 1.01. The first-order valence-electron chi connectivity index (χ1n) is 3.99. The van der Waals surface area contributed by atoms with Gasteiger partial charge in [-0.05, 0) is 24.1 Å². The van der Waals surface area contributed by atoms with Gasteiger partial charge in [0.15, 0.2) is 0 Å². The minimum absolute atomic E-state index is 0.105. The normalized spacial score (nSPS) is 10.8. The minimum atomic E-state index is 0.105. The monoisotopic (exact) mass is 161 g/mol. The van der Waals surface area contributed by atoms with E-state index in [9.17, 15) is 0 Å². The van der Waals surface area contributed by atoms with Crippen molar-refractivity contribution in [3.8, 4) is 0 Å². The summed E-state index contributed by atoms with van der Waals surface area (Å²) in [7, 11) is 0. The smallest absolute Gasteiger partial charge is 0.0682 e. The second-order valence-corrected chi connectivity index (χ2v) is 3.01. The standard InChI is InChI=1S/C10H11NO/c1-7-5-11-10-4-8(6-12)2-3-9(7)10/h2-5,11-12H,6H2,1H3. The molecule has 0 saturated carbocycles. The predicted octanol–water partition coefficient (Wildman–Crippen LogP) is 1.97. The maximum Gasteiger partial charge on any atom is 0.0682 e. The minimum Gasteiger partial charge on any atom is -0.392 e. The molecule has 0 amide bonds. The van der Waals surface area contributed by atoms with Crippen molar-refractivity contribution in [2.45, 2.75) is 13.5 Å². The van der Waals surface area contributed by atoms with Crippen LogP contribution in [-0.2, 0) is 6.61 Å². The highest BCUT2D eigenvalue weighted by Crippen LogP contribution is 2.18. The summed E-state index contributed by atoms with van der Waals surface area (Å²) in [6.45, 7) is 2.17. The fourth-order valence-corrected chi connectivity index (χ4v) is 1.42. The molecular formula is C10H11NO. The Bertz CT molecular complexity index is 403. The molecule has 1 aromatic heterocycles. The molecule has 0 spiro atoms. The maximum absolute atomic E-state index is 8.89. The number of hydrogen-bond acceptors (Lipinski definition) is 1. The lowest BCUT2D eigenvalue weighted by Crippen LogP contribution is -1.81. The molecule has 0 radical (unpaired) electrons. The number of benzene rings is 1. The van der Waals surface area contributed by atoms with Crippen LogP contribution in [0.15, 0.2) is 24.4 Å². The molecule has 1 aromatic carbocycles. The molecule has 0 atom stereocenters. The maximum atomic E-state index is 8.89. The number of aliphatic hydroxyl groups excluding tert-OH is 1. The summed E-state index contributed by atoms with van der Waals surface area (Å²) < 4.78 is 0. The Morgan fingerprint density at radius 1 is 1.42 bits per heavy atom. The summed E-state index contributed by atoms with van der Waals surface area (Å²) in [5, 5.41) is 10.1. The van der Waals surface area contributed by atoms with Gasteiger partial charge in [-0.2, -0.15) is 0 Å². The zero-order valence-corrected chi connectivity index (χ0v) is 6.96. The Morgan fingerprint density at radius 3 is 3.00 bits per heavy atom. The molecule has 0 aliphatic carbocycles. The molecule has 2 aromatic rings. The predicted molar refractivity (Wildman–Crippen MR) is 49.0 cm³/mol. The zero-order valence-electron chi connectivity index (χ0n) is 6.96. The Morgan fingerprint density at radius 2 is 2.25 bits per heavy atom. The molecular weight excluding hydrogens is 150 g/mol. The van der Waals surface area contributed by atoms with Crippen molar-refractivity contribution in [1.82, 2.24) is 4.98 Å². The van der Waals surface area contributed by atoms with Crippen LogP contribution in [0.25, 0.3) is 10.9 Å². The Labute approximate surface area is 70.8 Å². The van der Waals surface area contributed by atoms with Gasteiger partial charge in [0.05, 0.1) is 6.61 Å². The summed E-state index contributed by atoms with van der Waals surface area (Å²) in [5.74, 6) is 0. The SMILES string of the molecule is Cc1c[nH]c2cc(CO)ccc12. The van der Waals surface area contributed by atoms with Crippen molar-refractivity contribution in [3.05, 3.63) is 35.5 Å². The van der Waals surface area contributed by atoms with Gasteiger partial charge in [0.2, 0.25) is 0 Å². The molecule has 0 saturated heterocycles. The summed E-state index contributed by atoms with van der Waals surface area (Å²) in [6.07, 6.45) is 1.98. The van der Waals surface area contributed by atoms with Crippen LogP contribution in [0.5, 0.6) is 0 Å². The molecule has 0 aliphatic heterocycles. The lowest BCUT2D eigenvalue weighted by atomic mass is 10.1. The van der Waals surface area contributed by atoms with Crippen LogP contribution < -0.4 is 0 Å². The second kappa shape index (κ2) is 2.64. The van der Waals surface area contributed by atoms with Crippen LogP contribution in [-0.4, -0.2) is 10.1 Å². The van der Waals surface area contributed by atoms with Crippen molar-refractivity contribution in [3.63, 3.8) is 0 Å². The molecule has 1 heterocycles. The van der Waals surface area contributed by atoms with Gasteiger partial charge in [-0.15, -0.1) is 0 Å². The summed E-state index contributed by atoms with van der Waals surface area (Å²) in [4.78, 5) is 3.15. The van der Waals surface area contributed by atoms with Gasteiger partial charge < -0.3 is 10.1 Å². The van der Waals surface area contributed by atoms with Crippen LogP contribution in [0.2, 0.25) is 0 Å². The summed E-state index contributed by atoms with van der Waals surface area (Å²) in [6, 6.07) is 5.96. The number of aliphatic hydroxyl groups is 1. The number of aryl methyl sites for hydroxylation is 1. The topological polar surface area (TPSA) is 36.0 Å². The largest absolute Gasteiger partial charge is 0.392 e. The second-order valence-electron chi connectivity index (χ2n) is 3.01. The number of H-pyrrole nitrogens is 1. The molecule has 62 valence electrons. The van der Waals surface area contributed by atoms with E-state index in [1.54, 1.807) is 0 Å². The lowest BCUT2D eigenvalue weighted by Gasteiger charge is -1.95. The molecule has 0 bridgehead atoms. The number of rotatable bonds is 1. The lowest BCUT2D eigenvalue weighted by molar-refractivity contribution is 0.282. The molecule has 0 unspecified atom stereocenters. The van der Waals surface area contributed by atoms with Crippen molar-refractivity contribution in [2.24, 2.45) is 0 Å². The molecule has 2 rings (SSSR count). The van der Waals surface area contributed by atoms with Crippen LogP contribution >= 0.6 is 0 Å². The average molecular weight is 161 g/mol. The van der Waals surface area contributed by atoms with Gasteiger partial charge in [0, 0.05) is 17.1 Å². The quantitative estimate of drug-likeness (QED) is 0.659. The molecule has 0 fully saturated rings. The number of hydrogen-bond donors (Lipinski definition) is 2. The van der Waals surface area contributed by atoms with Crippen molar-refractivity contribution >= 4 is 10.9 Å². The first kappa shape index (κ1) is 7.37. The average Bonchev–Trinajstić information content (AvgIpc) is 2.47. The Balaban J connectivity index is 2.69. The molecule has 12 heavy (non-hydrogen) atoms. The van der Waals surface area contributed by atoms with Gasteiger partial charge >= 0.3 is 0 Å². The van der Waals surface area contributed by atoms with Crippen molar-refractivity contribution < 1.29 is 5.11 Å². The molecule has 2 heteroatoms. The fraction of sp³-hybridized carbons (Fsp3) is 0.200. The van der Waals surface area contributed by atoms with E-state index in [1.807, 2.05) is 24.4 Å². The third-order valence-electron chi connectivity index (χ3n) is 2.14. The van der Waals surface area contributed by atoms with E-state index in [0.717, 1.165) is 11.1 Å². The van der Waals surface area contributed by atoms with E-state index >= 15 is 0 Å². The number of nitrogens with one attached hydrogen (secondary N) is 1. The summed E-state index contributed by atoms with van der Waals surface area (Å²) in [5.41, 5.74) is 3.29. The van der Waals surface area contributed by atoms with Gasteiger partial charge in [0.25, 0.3) is 0 Å². The highest BCUT2D eigenvalue weighted by Gasteiger charge is 1.99. The van der Waals surface area contributed by atoms with Gasteiger partial charge in [-0.1, -0.05) is 12.1 Å². The van der Waals surface area contributed by atoms with Gasteiger partial charge in [-0.25, -0.2) is 0 Å². The highest BCUT2D eigenvalue weighted by molar-refractivity contribution is 5.83. The highest BCUT2D eigenvalue weighted by atomic mass is 16.3. The van der Waals surface area contributed by atoms with E-state index in [4.69, 9.17) is 5.11 Å². The van der Waals surface area contributed by atoms with E-state index in [0.29, 0.717) is 0 Å². The summed E-state index contributed by atoms with van der Waals surface area (Å²) >= 11 is 0.